The normalized spacial score (nSPS) is 11.4. The molecule has 0 spiro atoms. The Morgan fingerprint density at radius 2 is 1.74 bits per heavy atom. The standard InChI is InChI=1S/C23H23ClN2O4S/c1-17-5-3-6-18(13-17)15-26(31(28,29)22-11-9-19(24)10-12-22)16-23(27)25-20-7-4-8-21(14-20)30-2/h3-14H,15-16H2,1-2H3,(H,25,27). The van der Waals surface area contributed by atoms with Gasteiger partial charge in [0.15, 0.2) is 0 Å². The number of nitrogens with zero attached hydrogens (tertiary/aromatic N) is 1. The highest BCUT2D eigenvalue weighted by Crippen LogP contribution is 2.22. The molecule has 0 aromatic heterocycles. The molecule has 0 heterocycles. The number of amides is 1. The number of ether oxygens (including phenoxy) is 1. The van der Waals surface area contributed by atoms with E-state index in [0.717, 1.165) is 15.4 Å². The molecule has 0 saturated carbocycles. The highest BCUT2D eigenvalue weighted by Gasteiger charge is 2.27. The molecule has 3 aromatic carbocycles. The Bertz CT molecular complexity index is 1160. The molecule has 0 unspecified atom stereocenters. The van der Waals surface area contributed by atoms with Gasteiger partial charge in [-0.05, 0) is 48.9 Å². The number of benzene rings is 3. The van der Waals surface area contributed by atoms with Crippen LogP contribution in [0.25, 0.3) is 0 Å². The fraction of sp³-hybridized carbons (Fsp3) is 0.174. The molecular formula is C23H23ClN2O4S. The van der Waals surface area contributed by atoms with Crippen LogP contribution in [0.1, 0.15) is 11.1 Å². The minimum Gasteiger partial charge on any atom is -0.497 e. The molecular weight excluding hydrogens is 436 g/mol. The maximum absolute atomic E-state index is 13.3. The molecule has 0 radical (unpaired) electrons. The van der Waals surface area contributed by atoms with Crippen molar-refractivity contribution < 1.29 is 17.9 Å². The van der Waals surface area contributed by atoms with E-state index in [2.05, 4.69) is 5.32 Å². The molecule has 1 amide bonds. The van der Waals surface area contributed by atoms with Gasteiger partial charge >= 0.3 is 0 Å². The lowest BCUT2D eigenvalue weighted by Crippen LogP contribution is -2.37. The Kier molecular flexibility index (Phi) is 7.33. The second kappa shape index (κ2) is 9.96. The summed E-state index contributed by atoms with van der Waals surface area (Å²) in [6.45, 7) is 1.63. The summed E-state index contributed by atoms with van der Waals surface area (Å²) in [6, 6.07) is 20.3. The van der Waals surface area contributed by atoms with Crippen molar-refractivity contribution in [3.05, 3.63) is 88.9 Å². The van der Waals surface area contributed by atoms with Crippen LogP contribution in [0.15, 0.2) is 77.7 Å². The highest BCUT2D eigenvalue weighted by atomic mass is 35.5. The van der Waals surface area contributed by atoms with E-state index in [0.29, 0.717) is 16.5 Å². The third kappa shape index (κ3) is 6.07. The smallest absolute Gasteiger partial charge is 0.243 e. The van der Waals surface area contributed by atoms with Gasteiger partial charge in [-0.3, -0.25) is 4.79 Å². The molecule has 31 heavy (non-hydrogen) atoms. The summed E-state index contributed by atoms with van der Waals surface area (Å²) in [4.78, 5) is 12.8. The van der Waals surface area contributed by atoms with E-state index < -0.39 is 15.9 Å². The molecule has 0 aliphatic carbocycles. The first kappa shape index (κ1) is 22.8. The molecule has 162 valence electrons. The van der Waals surface area contributed by atoms with Crippen LogP contribution >= 0.6 is 11.6 Å². The van der Waals surface area contributed by atoms with Gasteiger partial charge in [-0.25, -0.2) is 8.42 Å². The quantitative estimate of drug-likeness (QED) is 0.539. The molecule has 0 saturated heterocycles. The van der Waals surface area contributed by atoms with Crippen molar-refractivity contribution >= 4 is 33.2 Å². The average Bonchev–Trinajstić information content (AvgIpc) is 2.73. The fourth-order valence-corrected chi connectivity index (χ4v) is 4.57. The van der Waals surface area contributed by atoms with Gasteiger partial charge in [-0.1, -0.05) is 47.5 Å². The Hall–Kier alpha value is -2.87. The second-order valence-corrected chi connectivity index (χ2v) is 9.37. The number of rotatable bonds is 8. The summed E-state index contributed by atoms with van der Waals surface area (Å²) in [6.07, 6.45) is 0. The van der Waals surface area contributed by atoms with Crippen LogP contribution in [0, 0.1) is 6.92 Å². The SMILES string of the molecule is COc1cccc(NC(=O)CN(Cc2cccc(C)c2)S(=O)(=O)c2ccc(Cl)cc2)c1. The van der Waals surface area contributed by atoms with Crippen molar-refractivity contribution in [2.75, 3.05) is 19.0 Å². The van der Waals surface area contributed by atoms with Crippen LogP contribution < -0.4 is 10.1 Å². The number of carbonyl (C=O) groups excluding carboxylic acids is 1. The number of nitrogens with one attached hydrogen (secondary N) is 1. The van der Waals surface area contributed by atoms with Crippen LogP contribution in [0.3, 0.4) is 0 Å². The van der Waals surface area contributed by atoms with Crippen LogP contribution in [-0.4, -0.2) is 32.3 Å². The fourth-order valence-electron chi connectivity index (χ4n) is 3.06. The zero-order valence-electron chi connectivity index (χ0n) is 17.2. The largest absolute Gasteiger partial charge is 0.497 e. The molecule has 0 fully saturated rings. The van der Waals surface area contributed by atoms with Crippen molar-refractivity contribution in [1.82, 2.24) is 4.31 Å². The van der Waals surface area contributed by atoms with Gasteiger partial charge in [-0.2, -0.15) is 4.31 Å². The number of sulfonamides is 1. The number of hydrogen-bond donors (Lipinski definition) is 1. The maximum atomic E-state index is 13.3. The van der Waals surface area contributed by atoms with Crippen molar-refractivity contribution in [2.24, 2.45) is 0 Å². The van der Waals surface area contributed by atoms with E-state index in [-0.39, 0.29) is 18.0 Å². The Labute approximate surface area is 187 Å². The lowest BCUT2D eigenvalue weighted by molar-refractivity contribution is -0.116. The summed E-state index contributed by atoms with van der Waals surface area (Å²) in [5.74, 6) is 0.127. The minimum absolute atomic E-state index is 0.0537. The summed E-state index contributed by atoms with van der Waals surface area (Å²) < 4.78 is 32.9. The molecule has 0 aliphatic rings. The van der Waals surface area contributed by atoms with Crippen LogP contribution in [0.5, 0.6) is 5.75 Å². The topological polar surface area (TPSA) is 75.7 Å². The number of carbonyl (C=O) groups is 1. The van der Waals surface area contributed by atoms with E-state index in [1.54, 1.807) is 24.3 Å². The van der Waals surface area contributed by atoms with Crippen LogP contribution in [0.2, 0.25) is 5.02 Å². The number of halogens is 1. The van der Waals surface area contributed by atoms with E-state index in [9.17, 15) is 13.2 Å². The molecule has 8 heteroatoms. The van der Waals surface area contributed by atoms with Gasteiger partial charge in [0.2, 0.25) is 15.9 Å². The first-order valence-corrected chi connectivity index (χ1v) is 11.3. The zero-order valence-corrected chi connectivity index (χ0v) is 18.8. The van der Waals surface area contributed by atoms with Gasteiger partial charge in [0.1, 0.15) is 5.75 Å². The number of methoxy groups -OCH3 is 1. The Morgan fingerprint density at radius 1 is 1.03 bits per heavy atom. The maximum Gasteiger partial charge on any atom is 0.243 e. The van der Waals surface area contributed by atoms with E-state index in [1.165, 1.54) is 31.4 Å². The average molecular weight is 459 g/mol. The zero-order chi connectivity index (χ0) is 22.4. The molecule has 0 bridgehead atoms. The van der Waals surface area contributed by atoms with Crippen molar-refractivity contribution in [2.45, 2.75) is 18.4 Å². The van der Waals surface area contributed by atoms with Gasteiger partial charge in [0.25, 0.3) is 0 Å². The number of aryl methyl sites for hydroxylation is 1. The summed E-state index contributed by atoms with van der Waals surface area (Å²) in [5, 5.41) is 3.16. The molecule has 3 aromatic rings. The van der Waals surface area contributed by atoms with Crippen molar-refractivity contribution in [1.29, 1.82) is 0 Å². The lowest BCUT2D eigenvalue weighted by atomic mass is 10.1. The Balaban J connectivity index is 1.87. The monoisotopic (exact) mass is 458 g/mol. The van der Waals surface area contributed by atoms with Gasteiger partial charge in [0, 0.05) is 23.3 Å². The summed E-state index contributed by atoms with van der Waals surface area (Å²) in [5.41, 5.74) is 2.30. The molecule has 0 aliphatic heterocycles. The summed E-state index contributed by atoms with van der Waals surface area (Å²) >= 11 is 5.91. The van der Waals surface area contributed by atoms with E-state index >= 15 is 0 Å². The second-order valence-electron chi connectivity index (χ2n) is 7.00. The van der Waals surface area contributed by atoms with E-state index in [4.69, 9.17) is 16.3 Å². The van der Waals surface area contributed by atoms with Gasteiger partial charge in [0.05, 0.1) is 18.6 Å². The Morgan fingerprint density at radius 3 is 2.42 bits per heavy atom. The third-order valence-electron chi connectivity index (χ3n) is 4.57. The van der Waals surface area contributed by atoms with Crippen LogP contribution in [-0.2, 0) is 21.4 Å². The van der Waals surface area contributed by atoms with Crippen molar-refractivity contribution in [3.8, 4) is 5.75 Å². The predicted molar refractivity (Wildman–Crippen MR) is 122 cm³/mol. The lowest BCUT2D eigenvalue weighted by Gasteiger charge is -2.22. The van der Waals surface area contributed by atoms with E-state index in [1.807, 2.05) is 31.2 Å². The molecule has 3 rings (SSSR count). The molecule has 1 N–H and O–H groups in total. The molecule has 0 atom stereocenters. The van der Waals surface area contributed by atoms with Gasteiger partial charge < -0.3 is 10.1 Å². The van der Waals surface area contributed by atoms with Crippen LogP contribution in [0.4, 0.5) is 5.69 Å². The predicted octanol–water partition coefficient (Wildman–Crippen LogP) is 4.49. The molecule has 6 nitrogen and oxygen atoms in total. The minimum atomic E-state index is -3.94. The number of anilines is 1. The van der Waals surface area contributed by atoms with Gasteiger partial charge in [-0.15, -0.1) is 0 Å². The number of hydrogen-bond acceptors (Lipinski definition) is 4. The first-order valence-electron chi connectivity index (χ1n) is 9.53. The van der Waals surface area contributed by atoms with Crippen molar-refractivity contribution in [3.63, 3.8) is 0 Å². The highest BCUT2D eigenvalue weighted by molar-refractivity contribution is 7.89. The first-order chi connectivity index (χ1) is 14.8. The third-order valence-corrected chi connectivity index (χ3v) is 6.62. The summed E-state index contributed by atoms with van der Waals surface area (Å²) in [7, 11) is -2.41.